The molecule has 0 aliphatic carbocycles. The Hall–Kier alpha value is -3.19. The lowest BCUT2D eigenvalue weighted by molar-refractivity contribution is -0.0500. The molecule has 0 saturated heterocycles. The first-order chi connectivity index (χ1) is 14.5. The molecule has 1 amide bonds. The van der Waals surface area contributed by atoms with Crippen molar-refractivity contribution in [1.82, 2.24) is 15.3 Å². The van der Waals surface area contributed by atoms with Crippen molar-refractivity contribution < 1.29 is 30.6 Å². The zero-order chi connectivity index (χ0) is 22.8. The highest BCUT2D eigenvalue weighted by molar-refractivity contribution is 7.88. The summed E-state index contributed by atoms with van der Waals surface area (Å²) in [5.74, 6) is -1.27. The minimum absolute atomic E-state index is 0.0920. The van der Waals surface area contributed by atoms with Gasteiger partial charge in [-0.3, -0.25) is 9.59 Å². The summed E-state index contributed by atoms with van der Waals surface area (Å²) < 4.78 is 64.0. The van der Waals surface area contributed by atoms with E-state index in [1.165, 1.54) is 0 Å². The number of aromatic nitrogens is 2. The van der Waals surface area contributed by atoms with Crippen LogP contribution in [0, 0.1) is 6.92 Å². The van der Waals surface area contributed by atoms with E-state index in [-0.39, 0.29) is 22.1 Å². The molecule has 0 fully saturated rings. The molecule has 0 bridgehead atoms. The number of alkyl halides is 3. The summed E-state index contributed by atoms with van der Waals surface area (Å²) in [5, 5.41) is 2.81. The third-order valence-corrected chi connectivity index (χ3v) is 6.00. The molecule has 0 radical (unpaired) electrons. The lowest BCUT2D eigenvalue weighted by Gasteiger charge is -2.09. The van der Waals surface area contributed by atoms with Crippen molar-refractivity contribution in [2.24, 2.45) is 0 Å². The summed E-state index contributed by atoms with van der Waals surface area (Å²) in [6, 6.07) is 10.6. The van der Waals surface area contributed by atoms with Crippen LogP contribution in [0.5, 0.6) is 5.75 Å². The summed E-state index contributed by atoms with van der Waals surface area (Å²) in [7, 11) is -5.95. The van der Waals surface area contributed by atoms with Gasteiger partial charge in [0.05, 0.1) is 11.4 Å². The van der Waals surface area contributed by atoms with Crippen molar-refractivity contribution in [2.45, 2.75) is 19.0 Å². The van der Waals surface area contributed by atoms with Crippen LogP contribution < -0.4 is 15.1 Å². The van der Waals surface area contributed by atoms with Crippen LogP contribution in [-0.2, 0) is 16.7 Å². The number of nitrogens with one attached hydrogen (secondary N) is 2. The second-order valence-electron chi connectivity index (χ2n) is 6.18. The predicted molar refractivity (Wildman–Crippen MR) is 106 cm³/mol. The van der Waals surface area contributed by atoms with Crippen LogP contribution in [0.4, 0.5) is 13.2 Å². The second kappa shape index (κ2) is 8.51. The predicted octanol–water partition coefficient (Wildman–Crippen LogP) is 2.97. The van der Waals surface area contributed by atoms with Crippen molar-refractivity contribution in [1.29, 1.82) is 0 Å². The Balaban J connectivity index is 1.85. The number of benzene rings is 1. The molecule has 31 heavy (non-hydrogen) atoms. The van der Waals surface area contributed by atoms with Crippen molar-refractivity contribution in [3.63, 3.8) is 0 Å². The van der Waals surface area contributed by atoms with Crippen molar-refractivity contribution >= 4 is 27.4 Å². The maximum atomic E-state index is 12.5. The standard InChI is InChI=1S/C18H14F3N3O5S2/c1-10-15(16(26)22-9-11-5-3-2-4-6-11)30-17(23-10)13-7-12(8-14(25)24-13)29-31(27,28)18(19,20)21/h2-8H,9H2,1H3,(H,22,26)(H,24,25). The third-order valence-electron chi connectivity index (χ3n) is 3.84. The number of nitrogens with zero attached hydrogens (tertiary/aromatic N) is 1. The van der Waals surface area contributed by atoms with E-state index in [9.17, 15) is 31.2 Å². The van der Waals surface area contributed by atoms with E-state index in [0.29, 0.717) is 11.8 Å². The number of thiazole rings is 1. The summed E-state index contributed by atoms with van der Waals surface area (Å²) in [5.41, 5.74) is -5.47. The number of hydrogen-bond acceptors (Lipinski definition) is 7. The van der Waals surface area contributed by atoms with E-state index < -0.39 is 32.8 Å². The Bertz CT molecular complexity index is 1270. The van der Waals surface area contributed by atoms with Crippen LogP contribution in [0.15, 0.2) is 47.3 Å². The molecule has 0 aliphatic heterocycles. The first kappa shape index (κ1) is 22.5. The van der Waals surface area contributed by atoms with Crippen LogP contribution in [-0.4, -0.2) is 29.8 Å². The number of aryl methyl sites for hydroxylation is 1. The number of carbonyl (C=O) groups is 1. The molecule has 164 valence electrons. The summed E-state index contributed by atoms with van der Waals surface area (Å²) >= 11 is 0.876. The highest BCUT2D eigenvalue weighted by Crippen LogP contribution is 2.30. The third kappa shape index (κ3) is 5.30. The van der Waals surface area contributed by atoms with Gasteiger partial charge in [-0.15, -0.1) is 11.3 Å². The molecule has 3 aromatic rings. The first-order valence-electron chi connectivity index (χ1n) is 8.51. The van der Waals surface area contributed by atoms with Crippen LogP contribution in [0.3, 0.4) is 0 Å². The van der Waals surface area contributed by atoms with Crippen LogP contribution >= 0.6 is 11.3 Å². The summed E-state index contributed by atoms with van der Waals surface area (Å²) in [6.45, 7) is 1.81. The Labute approximate surface area is 177 Å². The van der Waals surface area contributed by atoms with E-state index in [0.717, 1.165) is 23.0 Å². The van der Waals surface area contributed by atoms with Crippen LogP contribution in [0.25, 0.3) is 10.7 Å². The number of carbonyl (C=O) groups excluding carboxylic acids is 1. The van der Waals surface area contributed by atoms with Gasteiger partial charge in [-0.2, -0.15) is 21.6 Å². The highest BCUT2D eigenvalue weighted by Gasteiger charge is 2.48. The fourth-order valence-electron chi connectivity index (χ4n) is 2.44. The van der Waals surface area contributed by atoms with E-state index in [1.54, 1.807) is 6.92 Å². The van der Waals surface area contributed by atoms with Gasteiger partial charge in [-0.1, -0.05) is 30.3 Å². The molecule has 0 saturated carbocycles. The quantitative estimate of drug-likeness (QED) is 0.420. The van der Waals surface area contributed by atoms with Gasteiger partial charge in [-0.05, 0) is 12.5 Å². The molecular weight excluding hydrogens is 459 g/mol. The van der Waals surface area contributed by atoms with E-state index in [2.05, 4.69) is 19.5 Å². The Morgan fingerprint density at radius 2 is 1.90 bits per heavy atom. The van der Waals surface area contributed by atoms with E-state index in [4.69, 9.17) is 0 Å². The van der Waals surface area contributed by atoms with Gasteiger partial charge in [0.1, 0.15) is 9.88 Å². The molecule has 2 heterocycles. The van der Waals surface area contributed by atoms with Gasteiger partial charge in [0, 0.05) is 18.7 Å². The fraction of sp³-hybridized carbons (Fsp3) is 0.167. The number of halogens is 3. The normalized spacial score (nSPS) is 11.9. The van der Waals surface area contributed by atoms with Crippen LogP contribution in [0.2, 0.25) is 0 Å². The summed E-state index contributed by atoms with van der Waals surface area (Å²) in [4.78, 5) is 31.0. The number of rotatable bonds is 6. The maximum Gasteiger partial charge on any atom is 0.534 e. The van der Waals surface area contributed by atoms with Gasteiger partial charge in [0.2, 0.25) is 0 Å². The van der Waals surface area contributed by atoms with Gasteiger partial charge < -0.3 is 14.5 Å². The Kier molecular flexibility index (Phi) is 6.18. The maximum absolute atomic E-state index is 12.5. The lowest BCUT2D eigenvalue weighted by Crippen LogP contribution is -2.28. The SMILES string of the molecule is Cc1nc(-c2cc(OS(=O)(=O)C(F)(F)F)cc(=O)[nH]2)sc1C(=O)NCc1ccccc1. The van der Waals surface area contributed by atoms with Crippen molar-refractivity contribution in [3.05, 3.63) is 69.0 Å². The van der Waals surface area contributed by atoms with Gasteiger partial charge in [-0.25, -0.2) is 4.98 Å². The highest BCUT2D eigenvalue weighted by atomic mass is 32.2. The molecule has 0 spiro atoms. The Morgan fingerprint density at radius 1 is 1.23 bits per heavy atom. The largest absolute Gasteiger partial charge is 0.534 e. The molecule has 0 unspecified atom stereocenters. The molecule has 1 aromatic carbocycles. The molecule has 13 heteroatoms. The average molecular weight is 473 g/mol. The zero-order valence-corrected chi connectivity index (χ0v) is 17.3. The summed E-state index contributed by atoms with van der Waals surface area (Å²) in [6.07, 6.45) is 0. The zero-order valence-electron chi connectivity index (χ0n) is 15.7. The lowest BCUT2D eigenvalue weighted by atomic mass is 10.2. The average Bonchev–Trinajstić information content (AvgIpc) is 3.07. The molecule has 8 nitrogen and oxygen atoms in total. The number of aromatic amines is 1. The minimum Gasteiger partial charge on any atom is -0.376 e. The molecule has 2 aromatic heterocycles. The van der Waals surface area contributed by atoms with Crippen LogP contribution in [0.1, 0.15) is 20.9 Å². The fourth-order valence-corrected chi connectivity index (χ4v) is 3.83. The van der Waals surface area contributed by atoms with Crippen molar-refractivity contribution in [2.75, 3.05) is 0 Å². The molecule has 0 aliphatic rings. The van der Waals surface area contributed by atoms with Gasteiger partial charge >= 0.3 is 15.6 Å². The topological polar surface area (TPSA) is 118 Å². The molecule has 2 N–H and O–H groups in total. The second-order valence-corrected chi connectivity index (χ2v) is 8.72. The minimum atomic E-state index is -5.95. The van der Waals surface area contributed by atoms with E-state index >= 15 is 0 Å². The van der Waals surface area contributed by atoms with Gasteiger partial charge in [0.25, 0.3) is 11.5 Å². The van der Waals surface area contributed by atoms with E-state index in [1.807, 2.05) is 30.3 Å². The number of hydrogen-bond donors (Lipinski definition) is 2. The molecule has 0 atom stereocenters. The van der Waals surface area contributed by atoms with Gasteiger partial charge in [0.15, 0.2) is 5.75 Å². The monoisotopic (exact) mass is 473 g/mol. The number of H-pyrrole nitrogens is 1. The van der Waals surface area contributed by atoms with Crippen molar-refractivity contribution in [3.8, 4) is 16.5 Å². The molecular formula is C18H14F3N3O5S2. The first-order valence-corrected chi connectivity index (χ1v) is 10.7. The number of amides is 1. The smallest absolute Gasteiger partial charge is 0.376 e. The Morgan fingerprint density at radius 3 is 2.55 bits per heavy atom. The molecule has 3 rings (SSSR count). The number of pyridine rings is 1.